The molecule has 0 spiro atoms. The van der Waals surface area contributed by atoms with E-state index in [1.165, 1.54) is 23.1 Å². The number of rotatable bonds is 9. The van der Waals surface area contributed by atoms with Crippen LogP contribution in [-0.2, 0) is 17.7 Å². The number of aromatic nitrogens is 2. The molecule has 0 fully saturated rings. The molecule has 1 heterocycles. The third kappa shape index (κ3) is 9.13. The predicted molar refractivity (Wildman–Crippen MR) is 138 cm³/mol. The number of benzene rings is 2. The maximum Gasteiger partial charge on any atom is 0.573 e. The highest BCUT2D eigenvalue weighted by atomic mass is 32.1. The van der Waals surface area contributed by atoms with Gasteiger partial charge in [-0.25, -0.2) is 9.59 Å². The van der Waals surface area contributed by atoms with Crippen molar-refractivity contribution in [2.24, 2.45) is 0 Å². The second-order valence-electron chi connectivity index (χ2n) is 9.48. The Morgan fingerprint density at radius 2 is 1.74 bits per heavy atom. The van der Waals surface area contributed by atoms with Crippen LogP contribution in [0.4, 0.5) is 22.8 Å². The van der Waals surface area contributed by atoms with Gasteiger partial charge in [-0.1, -0.05) is 47.7 Å². The first-order chi connectivity index (χ1) is 18.2. The molecule has 9 nitrogen and oxygen atoms in total. The monoisotopic (exact) mass is 566 g/mol. The number of carbonyl (C=O) groups is 2. The van der Waals surface area contributed by atoms with Crippen LogP contribution >= 0.6 is 11.3 Å². The molecule has 1 unspecified atom stereocenters. The number of halogens is 3. The Hall–Kier alpha value is -3.87. The Morgan fingerprint density at radius 3 is 2.33 bits per heavy atom. The Kier molecular flexibility index (Phi) is 9.38. The molecule has 0 aliphatic carbocycles. The number of hydrogen-bond acceptors (Lipinski definition) is 7. The van der Waals surface area contributed by atoms with Crippen LogP contribution in [0.3, 0.4) is 0 Å². The average Bonchev–Trinajstić information content (AvgIpc) is 3.31. The van der Waals surface area contributed by atoms with Gasteiger partial charge in [-0.3, -0.25) is 4.90 Å². The first-order valence-electron chi connectivity index (χ1n) is 12.0. The van der Waals surface area contributed by atoms with Gasteiger partial charge in [0.2, 0.25) is 0 Å². The first-order valence-corrected chi connectivity index (χ1v) is 12.8. The van der Waals surface area contributed by atoms with Gasteiger partial charge in [0, 0.05) is 18.7 Å². The molecule has 39 heavy (non-hydrogen) atoms. The van der Waals surface area contributed by atoms with Gasteiger partial charge in [-0.05, 0) is 57.4 Å². The summed E-state index contributed by atoms with van der Waals surface area (Å²) in [5.74, 6) is -0.393. The zero-order chi connectivity index (χ0) is 28.8. The molecule has 2 N–H and O–H groups in total. The van der Waals surface area contributed by atoms with E-state index in [9.17, 15) is 27.9 Å². The van der Waals surface area contributed by atoms with Gasteiger partial charge in [0.1, 0.15) is 21.4 Å². The van der Waals surface area contributed by atoms with E-state index in [4.69, 9.17) is 4.74 Å². The van der Waals surface area contributed by atoms with E-state index in [-0.39, 0.29) is 19.5 Å². The molecule has 1 atom stereocenters. The van der Waals surface area contributed by atoms with E-state index in [0.717, 1.165) is 22.5 Å². The standard InChI is InChI=1S/C26H29F3N4O5S/c1-5-33(24(35)36)20(13-16-9-11-17(12-10-16)15-30-23(34)38-25(2,3)4)22-32-31-21(39-22)18-7-6-8-19(14-18)37-26(27,28)29/h6-12,14,20H,5,13,15H2,1-4H3,(H,30,34)(H,35,36). The maximum absolute atomic E-state index is 12.6. The molecule has 0 saturated heterocycles. The summed E-state index contributed by atoms with van der Waals surface area (Å²) in [6.07, 6.45) is -6.22. The third-order valence-electron chi connectivity index (χ3n) is 5.29. The van der Waals surface area contributed by atoms with Crippen molar-refractivity contribution >= 4 is 23.5 Å². The molecule has 0 aliphatic rings. The molecule has 3 aromatic rings. The minimum absolute atomic E-state index is 0.182. The van der Waals surface area contributed by atoms with Gasteiger partial charge in [0.25, 0.3) is 0 Å². The lowest BCUT2D eigenvalue weighted by Gasteiger charge is -2.26. The zero-order valence-electron chi connectivity index (χ0n) is 21.8. The summed E-state index contributed by atoms with van der Waals surface area (Å²) < 4.78 is 47.1. The van der Waals surface area contributed by atoms with Crippen LogP contribution in [0.1, 0.15) is 49.9 Å². The molecule has 2 aromatic carbocycles. The number of ether oxygens (including phenoxy) is 2. The minimum atomic E-state index is -4.83. The first kappa shape index (κ1) is 29.7. The predicted octanol–water partition coefficient (Wildman–Crippen LogP) is 6.41. The Balaban J connectivity index is 1.78. The summed E-state index contributed by atoms with van der Waals surface area (Å²) in [6.45, 7) is 7.46. The normalized spacial score (nSPS) is 12.5. The van der Waals surface area contributed by atoms with Crippen molar-refractivity contribution in [3.63, 3.8) is 0 Å². The van der Waals surface area contributed by atoms with E-state index in [0.29, 0.717) is 15.6 Å². The smallest absolute Gasteiger partial charge is 0.465 e. The van der Waals surface area contributed by atoms with E-state index in [1.54, 1.807) is 33.8 Å². The molecule has 13 heteroatoms. The van der Waals surface area contributed by atoms with E-state index in [1.807, 2.05) is 24.3 Å². The lowest BCUT2D eigenvalue weighted by atomic mass is 10.0. The largest absolute Gasteiger partial charge is 0.573 e. The molecule has 0 radical (unpaired) electrons. The lowest BCUT2D eigenvalue weighted by molar-refractivity contribution is -0.274. The van der Waals surface area contributed by atoms with Crippen LogP contribution in [0.15, 0.2) is 48.5 Å². The molecule has 0 bridgehead atoms. The second kappa shape index (κ2) is 12.3. The number of alkyl halides is 3. The number of nitrogens with one attached hydrogen (secondary N) is 1. The number of amides is 2. The van der Waals surface area contributed by atoms with E-state index < -0.39 is 35.9 Å². The van der Waals surface area contributed by atoms with Crippen LogP contribution in [0, 0.1) is 0 Å². The lowest BCUT2D eigenvalue weighted by Crippen LogP contribution is -2.34. The quantitative estimate of drug-likeness (QED) is 0.308. The van der Waals surface area contributed by atoms with Gasteiger partial charge in [-0.15, -0.1) is 23.4 Å². The highest BCUT2D eigenvalue weighted by Gasteiger charge is 2.31. The summed E-state index contributed by atoms with van der Waals surface area (Å²) in [5.41, 5.74) is 1.39. The van der Waals surface area contributed by atoms with Crippen molar-refractivity contribution < 1.29 is 37.3 Å². The molecule has 210 valence electrons. The van der Waals surface area contributed by atoms with Gasteiger partial charge in [-0.2, -0.15) is 0 Å². The van der Waals surface area contributed by atoms with Crippen LogP contribution in [0.5, 0.6) is 5.75 Å². The molecule has 0 saturated carbocycles. The van der Waals surface area contributed by atoms with Crippen molar-refractivity contribution in [1.82, 2.24) is 20.4 Å². The zero-order valence-corrected chi connectivity index (χ0v) is 22.6. The topological polar surface area (TPSA) is 114 Å². The molecular weight excluding hydrogens is 537 g/mol. The molecule has 0 aliphatic heterocycles. The van der Waals surface area contributed by atoms with Crippen molar-refractivity contribution in [2.45, 2.75) is 58.7 Å². The van der Waals surface area contributed by atoms with Crippen LogP contribution < -0.4 is 10.1 Å². The number of nitrogens with zero attached hydrogens (tertiary/aromatic N) is 3. The number of hydrogen-bond donors (Lipinski definition) is 2. The third-order valence-corrected chi connectivity index (χ3v) is 6.36. The fourth-order valence-corrected chi connectivity index (χ4v) is 4.59. The summed E-state index contributed by atoms with van der Waals surface area (Å²) in [4.78, 5) is 25.1. The van der Waals surface area contributed by atoms with Gasteiger partial charge in [0.15, 0.2) is 0 Å². The van der Waals surface area contributed by atoms with Gasteiger partial charge >= 0.3 is 18.5 Å². The second-order valence-corrected chi connectivity index (χ2v) is 10.5. The fraction of sp³-hybridized carbons (Fsp3) is 0.385. The molecule has 1 aromatic heterocycles. The molecular formula is C26H29F3N4O5S. The molecule has 3 rings (SSSR count). The average molecular weight is 567 g/mol. The van der Waals surface area contributed by atoms with E-state index >= 15 is 0 Å². The highest BCUT2D eigenvalue weighted by molar-refractivity contribution is 7.14. The van der Waals surface area contributed by atoms with Gasteiger partial charge in [0.05, 0.1) is 6.04 Å². The summed E-state index contributed by atoms with van der Waals surface area (Å²) in [5, 5.41) is 21.5. The van der Waals surface area contributed by atoms with Crippen LogP contribution in [0.25, 0.3) is 10.6 Å². The number of carbonyl (C=O) groups excluding carboxylic acids is 1. The Morgan fingerprint density at radius 1 is 1.08 bits per heavy atom. The van der Waals surface area contributed by atoms with Crippen molar-refractivity contribution in [3.05, 3.63) is 64.7 Å². The SMILES string of the molecule is CCN(C(=O)O)C(Cc1ccc(CNC(=O)OC(C)(C)C)cc1)c1nnc(-c2cccc(OC(F)(F)F)c2)s1. The summed E-state index contributed by atoms with van der Waals surface area (Å²) >= 11 is 1.09. The van der Waals surface area contributed by atoms with Crippen LogP contribution in [0.2, 0.25) is 0 Å². The van der Waals surface area contributed by atoms with Crippen LogP contribution in [-0.4, -0.2) is 50.9 Å². The van der Waals surface area contributed by atoms with Crippen molar-refractivity contribution in [3.8, 4) is 16.3 Å². The summed E-state index contributed by atoms with van der Waals surface area (Å²) in [7, 11) is 0. The van der Waals surface area contributed by atoms with Gasteiger partial charge < -0.3 is 19.9 Å². The van der Waals surface area contributed by atoms with Crippen molar-refractivity contribution in [2.75, 3.05) is 6.54 Å². The maximum atomic E-state index is 12.6. The summed E-state index contributed by atoms with van der Waals surface area (Å²) in [6, 6.07) is 12.0. The number of likely N-dealkylation sites (N-methyl/N-ethyl adjacent to an activating group) is 1. The molecule has 2 amide bonds. The fourth-order valence-electron chi connectivity index (χ4n) is 3.64. The number of alkyl carbamates (subject to hydrolysis) is 1. The Labute approximate surface area is 227 Å². The number of carboxylic acid groups (broad SMARTS) is 1. The van der Waals surface area contributed by atoms with E-state index in [2.05, 4.69) is 20.3 Å². The minimum Gasteiger partial charge on any atom is -0.465 e. The van der Waals surface area contributed by atoms with Crippen molar-refractivity contribution in [1.29, 1.82) is 0 Å². The Bertz CT molecular complexity index is 1280. The highest BCUT2D eigenvalue weighted by Crippen LogP contribution is 2.34.